The Bertz CT molecular complexity index is 1080. The van der Waals surface area contributed by atoms with E-state index in [1.165, 1.54) is 25.1 Å². The number of aromatic nitrogens is 3. The number of rotatable bonds is 5. The van der Waals surface area contributed by atoms with E-state index >= 15 is 0 Å². The summed E-state index contributed by atoms with van der Waals surface area (Å²) in [6.45, 7) is 1.31. The standard InChI is InChI=1S/C19H14F5N3O3/c1-2-30-18(29)12-9-25-27(16(12)19(22,23)24)15-5-3-4-13(26-15)11-8-10(17(20)21)6-7-14(11)28/h3-9,17,28H,2H2,1H3. The number of phenolic OH excluding ortho intramolecular Hbond substituents is 1. The van der Waals surface area contributed by atoms with Gasteiger partial charge in [0.15, 0.2) is 11.5 Å². The number of pyridine rings is 1. The van der Waals surface area contributed by atoms with E-state index in [-0.39, 0.29) is 29.4 Å². The fourth-order valence-electron chi connectivity index (χ4n) is 2.74. The normalized spacial score (nSPS) is 11.7. The van der Waals surface area contributed by atoms with Gasteiger partial charge in [0.25, 0.3) is 6.43 Å². The highest BCUT2D eigenvalue weighted by Gasteiger charge is 2.41. The van der Waals surface area contributed by atoms with Crippen molar-refractivity contribution in [2.45, 2.75) is 19.5 Å². The van der Waals surface area contributed by atoms with Crippen LogP contribution in [0.5, 0.6) is 5.75 Å². The lowest BCUT2D eigenvalue weighted by Crippen LogP contribution is -2.19. The van der Waals surface area contributed by atoms with Crippen molar-refractivity contribution in [3.05, 3.63) is 59.4 Å². The summed E-state index contributed by atoms with van der Waals surface area (Å²) in [5.74, 6) is -1.92. The molecule has 0 aliphatic heterocycles. The molecule has 3 aromatic rings. The smallest absolute Gasteiger partial charge is 0.434 e. The molecule has 30 heavy (non-hydrogen) atoms. The van der Waals surface area contributed by atoms with Crippen molar-refractivity contribution in [3.63, 3.8) is 0 Å². The van der Waals surface area contributed by atoms with Crippen LogP contribution in [0.15, 0.2) is 42.6 Å². The molecule has 11 heteroatoms. The number of carbonyl (C=O) groups excluding carboxylic acids is 1. The second kappa shape index (κ2) is 8.09. The first-order chi connectivity index (χ1) is 14.1. The number of phenols is 1. The van der Waals surface area contributed by atoms with Crippen molar-refractivity contribution in [3.8, 4) is 22.8 Å². The van der Waals surface area contributed by atoms with E-state index in [0.29, 0.717) is 10.9 Å². The molecule has 0 saturated carbocycles. The number of ether oxygens (including phenoxy) is 1. The van der Waals surface area contributed by atoms with Crippen LogP contribution in [0.3, 0.4) is 0 Å². The van der Waals surface area contributed by atoms with Gasteiger partial charge in [-0.05, 0) is 37.3 Å². The second-order valence-corrected chi connectivity index (χ2v) is 6.00. The third kappa shape index (κ3) is 4.09. The fraction of sp³-hybridized carbons (Fsp3) is 0.211. The van der Waals surface area contributed by atoms with Crippen molar-refractivity contribution in [2.24, 2.45) is 0 Å². The van der Waals surface area contributed by atoms with E-state index in [0.717, 1.165) is 18.2 Å². The van der Waals surface area contributed by atoms with Crippen molar-refractivity contribution >= 4 is 5.97 Å². The summed E-state index contributed by atoms with van der Waals surface area (Å²) in [6, 6.07) is 6.89. The number of hydrogen-bond acceptors (Lipinski definition) is 5. The lowest BCUT2D eigenvalue weighted by molar-refractivity contribution is -0.143. The Balaban J connectivity index is 2.14. The van der Waals surface area contributed by atoms with Crippen molar-refractivity contribution in [1.29, 1.82) is 0 Å². The Labute approximate surface area is 166 Å². The van der Waals surface area contributed by atoms with Crippen molar-refractivity contribution in [1.82, 2.24) is 14.8 Å². The summed E-state index contributed by atoms with van der Waals surface area (Å²) in [6.07, 6.45) is -7.07. The zero-order valence-corrected chi connectivity index (χ0v) is 15.3. The van der Waals surface area contributed by atoms with Crippen LogP contribution in [-0.2, 0) is 10.9 Å². The molecule has 0 spiro atoms. The van der Waals surface area contributed by atoms with Crippen LogP contribution < -0.4 is 0 Å². The van der Waals surface area contributed by atoms with E-state index in [1.807, 2.05) is 0 Å². The maximum atomic E-state index is 13.6. The van der Waals surface area contributed by atoms with Crippen LogP contribution in [0.1, 0.15) is 35.0 Å². The molecule has 1 N–H and O–H groups in total. The minimum absolute atomic E-state index is 0.0613. The Morgan fingerprint density at radius 2 is 1.97 bits per heavy atom. The summed E-state index contributed by atoms with van der Waals surface area (Å²) in [5, 5.41) is 13.6. The maximum Gasteiger partial charge on any atom is 0.434 e. The molecule has 0 unspecified atom stereocenters. The van der Waals surface area contributed by atoms with Gasteiger partial charge in [-0.15, -0.1) is 0 Å². The number of halogens is 5. The van der Waals surface area contributed by atoms with Crippen molar-refractivity contribution in [2.75, 3.05) is 6.61 Å². The lowest BCUT2D eigenvalue weighted by Gasteiger charge is -2.13. The molecule has 0 atom stereocenters. The van der Waals surface area contributed by atoms with Gasteiger partial charge in [0, 0.05) is 11.1 Å². The van der Waals surface area contributed by atoms with Gasteiger partial charge in [0.05, 0.1) is 18.5 Å². The second-order valence-electron chi connectivity index (χ2n) is 6.00. The van der Waals surface area contributed by atoms with Crippen LogP contribution >= 0.6 is 0 Å². The molecule has 0 radical (unpaired) electrons. The van der Waals surface area contributed by atoms with Gasteiger partial charge in [0.1, 0.15) is 11.3 Å². The first kappa shape index (κ1) is 21.2. The molecular formula is C19H14F5N3O3. The third-order valence-corrected chi connectivity index (χ3v) is 4.03. The summed E-state index contributed by atoms with van der Waals surface area (Å²) >= 11 is 0. The summed E-state index contributed by atoms with van der Waals surface area (Å²) in [4.78, 5) is 15.9. The highest BCUT2D eigenvalue weighted by molar-refractivity contribution is 5.90. The van der Waals surface area contributed by atoms with Crippen LogP contribution in [0.4, 0.5) is 22.0 Å². The molecule has 0 aliphatic carbocycles. The zero-order chi connectivity index (χ0) is 22.1. The monoisotopic (exact) mass is 427 g/mol. The van der Waals surface area contributed by atoms with Gasteiger partial charge in [-0.3, -0.25) is 0 Å². The fourth-order valence-corrected chi connectivity index (χ4v) is 2.74. The Kier molecular flexibility index (Phi) is 5.72. The third-order valence-electron chi connectivity index (χ3n) is 4.03. The van der Waals surface area contributed by atoms with E-state index in [4.69, 9.17) is 0 Å². The molecule has 0 bridgehead atoms. The lowest BCUT2D eigenvalue weighted by atomic mass is 10.1. The molecule has 0 aliphatic rings. The maximum absolute atomic E-state index is 13.6. The number of carbonyl (C=O) groups is 1. The van der Waals surface area contributed by atoms with Gasteiger partial charge < -0.3 is 9.84 Å². The first-order valence-electron chi connectivity index (χ1n) is 8.54. The SMILES string of the molecule is CCOC(=O)c1cnn(-c2cccc(-c3cc(C(F)F)ccc3O)n2)c1C(F)(F)F. The van der Waals surface area contributed by atoms with Gasteiger partial charge in [-0.1, -0.05) is 6.07 Å². The van der Waals surface area contributed by atoms with Gasteiger partial charge in [0.2, 0.25) is 0 Å². The summed E-state index contributed by atoms with van der Waals surface area (Å²) < 4.78 is 71.9. The molecule has 1 aromatic carbocycles. The van der Waals surface area contributed by atoms with Gasteiger partial charge in [-0.25, -0.2) is 23.2 Å². The topological polar surface area (TPSA) is 77.2 Å². The molecule has 3 rings (SSSR count). The predicted octanol–water partition coefficient (Wildman–Crippen LogP) is 4.77. The molecular weight excluding hydrogens is 413 g/mol. The Morgan fingerprint density at radius 1 is 1.23 bits per heavy atom. The number of nitrogens with zero attached hydrogens (tertiary/aromatic N) is 3. The van der Waals surface area contributed by atoms with Gasteiger partial charge >= 0.3 is 12.1 Å². The number of benzene rings is 1. The molecule has 0 amide bonds. The average molecular weight is 427 g/mol. The molecule has 158 valence electrons. The minimum atomic E-state index is -4.96. The molecule has 0 fully saturated rings. The van der Waals surface area contributed by atoms with Crippen LogP contribution in [-0.4, -0.2) is 32.4 Å². The van der Waals surface area contributed by atoms with E-state index in [2.05, 4.69) is 14.8 Å². The summed E-state index contributed by atoms with van der Waals surface area (Å²) in [7, 11) is 0. The predicted molar refractivity (Wildman–Crippen MR) is 94.4 cm³/mol. The Hall–Kier alpha value is -3.50. The molecule has 2 aromatic heterocycles. The summed E-state index contributed by atoms with van der Waals surface area (Å²) in [5.41, 5.74) is -2.74. The van der Waals surface area contributed by atoms with Crippen molar-refractivity contribution < 1.29 is 36.6 Å². The Morgan fingerprint density at radius 3 is 2.60 bits per heavy atom. The highest BCUT2D eigenvalue weighted by Crippen LogP contribution is 2.35. The molecule has 6 nitrogen and oxygen atoms in total. The van der Waals surface area contributed by atoms with Crippen LogP contribution in [0.2, 0.25) is 0 Å². The quantitative estimate of drug-likeness (QED) is 0.469. The van der Waals surface area contributed by atoms with Crippen LogP contribution in [0, 0.1) is 0 Å². The largest absolute Gasteiger partial charge is 0.507 e. The average Bonchev–Trinajstić information content (AvgIpc) is 3.14. The number of alkyl halides is 5. The minimum Gasteiger partial charge on any atom is -0.507 e. The number of esters is 1. The number of aromatic hydroxyl groups is 1. The highest BCUT2D eigenvalue weighted by atomic mass is 19.4. The van der Waals surface area contributed by atoms with E-state index in [1.54, 1.807) is 0 Å². The first-order valence-corrected chi connectivity index (χ1v) is 8.54. The molecule has 0 saturated heterocycles. The zero-order valence-electron chi connectivity index (χ0n) is 15.3. The number of hydrogen-bond donors (Lipinski definition) is 1. The van der Waals surface area contributed by atoms with E-state index in [9.17, 15) is 31.9 Å². The van der Waals surface area contributed by atoms with Crippen LogP contribution in [0.25, 0.3) is 17.1 Å². The van der Waals surface area contributed by atoms with E-state index < -0.39 is 35.4 Å². The van der Waals surface area contributed by atoms with Gasteiger partial charge in [-0.2, -0.15) is 18.3 Å². The molecule has 2 heterocycles.